The average Bonchev–Trinajstić information content (AvgIpc) is 2.31. The molecule has 6 heteroatoms. The molecule has 0 aliphatic carbocycles. The maximum Gasteiger partial charge on any atom is 0.415 e. The number of carbonyl (C=O) groups excluding carboxylic acids is 1. The largest absolute Gasteiger partial charge is 0.415 e. The molecule has 0 aromatic heterocycles. The zero-order chi connectivity index (χ0) is 13.0. The van der Waals surface area contributed by atoms with E-state index < -0.39 is 11.9 Å². The second-order valence-corrected chi connectivity index (χ2v) is 4.67. The van der Waals surface area contributed by atoms with Crippen molar-refractivity contribution in [2.45, 2.75) is 13.8 Å². The third-order valence-corrected chi connectivity index (χ3v) is 3.98. The molecule has 94 valence electrons. The summed E-state index contributed by atoms with van der Waals surface area (Å²) in [5.74, 6) is -0.257. The molecule has 1 amide bonds. The fraction of sp³-hybridized carbons (Fsp3) is 0.364. The Balaban J connectivity index is 2.89. The summed E-state index contributed by atoms with van der Waals surface area (Å²) in [5.41, 5.74) is 0. The Morgan fingerprint density at radius 3 is 2.59 bits per heavy atom. The lowest BCUT2D eigenvalue weighted by molar-refractivity contribution is 0.157. The van der Waals surface area contributed by atoms with Gasteiger partial charge in [-0.1, -0.05) is 11.6 Å². The number of amides is 1. The van der Waals surface area contributed by atoms with Crippen molar-refractivity contribution in [2.75, 3.05) is 13.1 Å². The Labute approximate surface area is 118 Å². The maximum absolute atomic E-state index is 13.1. The summed E-state index contributed by atoms with van der Waals surface area (Å²) in [6.45, 7) is 4.82. The van der Waals surface area contributed by atoms with E-state index in [1.807, 2.05) is 36.4 Å². The number of hydrogen-bond donors (Lipinski definition) is 0. The van der Waals surface area contributed by atoms with Gasteiger partial charge in [0, 0.05) is 13.1 Å². The second kappa shape index (κ2) is 6.39. The normalized spacial score (nSPS) is 10.2. The van der Waals surface area contributed by atoms with E-state index in [0.717, 1.165) is 0 Å². The molecule has 0 unspecified atom stereocenters. The van der Waals surface area contributed by atoms with Gasteiger partial charge in [0.2, 0.25) is 0 Å². The fourth-order valence-corrected chi connectivity index (χ4v) is 1.93. The fourth-order valence-electron chi connectivity index (χ4n) is 1.23. The van der Waals surface area contributed by atoms with Crippen LogP contribution in [0.15, 0.2) is 12.1 Å². The Kier molecular flexibility index (Phi) is 5.45. The van der Waals surface area contributed by atoms with Gasteiger partial charge in [0.15, 0.2) is 0 Å². The first-order chi connectivity index (χ1) is 8.01. The van der Waals surface area contributed by atoms with Crippen LogP contribution < -0.4 is 4.74 Å². The standard InChI is InChI=1S/C11H12ClFINO2/c1-3-15(4-2)11(16)17-8-6-5-7(13)9(12)10(8)14/h5-6H,3-4H2,1-2H3. The van der Waals surface area contributed by atoms with Crippen LogP contribution in [0.5, 0.6) is 5.75 Å². The van der Waals surface area contributed by atoms with E-state index >= 15 is 0 Å². The van der Waals surface area contributed by atoms with E-state index in [1.165, 1.54) is 17.0 Å². The molecule has 0 aliphatic heterocycles. The van der Waals surface area contributed by atoms with Gasteiger partial charge in [0.1, 0.15) is 11.6 Å². The first-order valence-corrected chi connectivity index (χ1v) is 6.57. The Morgan fingerprint density at radius 1 is 1.47 bits per heavy atom. The molecule has 0 saturated carbocycles. The lowest BCUT2D eigenvalue weighted by atomic mass is 10.3. The van der Waals surface area contributed by atoms with Crippen LogP contribution in [0.25, 0.3) is 0 Å². The molecule has 3 nitrogen and oxygen atoms in total. The SMILES string of the molecule is CCN(CC)C(=O)Oc1ccc(F)c(Cl)c1I. The Bertz CT molecular complexity index is 424. The Morgan fingerprint density at radius 2 is 2.06 bits per heavy atom. The second-order valence-electron chi connectivity index (χ2n) is 3.21. The lowest BCUT2D eigenvalue weighted by Gasteiger charge is -2.18. The number of carbonyl (C=O) groups is 1. The van der Waals surface area contributed by atoms with Crippen LogP contribution in [0.4, 0.5) is 9.18 Å². The van der Waals surface area contributed by atoms with Gasteiger partial charge in [0.25, 0.3) is 0 Å². The number of halogens is 3. The van der Waals surface area contributed by atoms with Crippen LogP contribution in [0, 0.1) is 9.39 Å². The minimum atomic E-state index is -0.529. The first kappa shape index (κ1) is 14.5. The third kappa shape index (κ3) is 3.45. The summed E-state index contributed by atoms with van der Waals surface area (Å²) in [5, 5.41) is -0.0320. The molecule has 0 radical (unpaired) electrons. The highest BCUT2D eigenvalue weighted by Crippen LogP contribution is 2.30. The van der Waals surface area contributed by atoms with Crippen LogP contribution in [0.2, 0.25) is 5.02 Å². The highest BCUT2D eigenvalue weighted by molar-refractivity contribution is 14.1. The number of rotatable bonds is 3. The van der Waals surface area contributed by atoms with Crippen molar-refractivity contribution < 1.29 is 13.9 Å². The van der Waals surface area contributed by atoms with Crippen molar-refractivity contribution in [3.63, 3.8) is 0 Å². The zero-order valence-corrected chi connectivity index (χ0v) is 12.4. The van der Waals surface area contributed by atoms with Crippen LogP contribution in [-0.4, -0.2) is 24.1 Å². The van der Waals surface area contributed by atoms with Crippen LogP contribution >= 0.6 is 34.2 Å². The number of ether oxygens (including phenoxy) is 1. The average molecular weight is 372 g/mol. The molecular formula is C11H12ClFINO2. The molecule has 0 aliphatic rings. The molecule has 1 aromatic carbocycles. The summed E-state index contributed by atoms with van der Waals surface area (Å²) in [6, 6.07) is 2.57. The molecule has 1 rings (SSSR count). The third-order valence-electron chi connectivity index (χ3n) is 2.22. The molecule has 0 saturated heterocycles. The van der Waals surface area contributed by atoms with Gasteiger partial charge in [-0.3, -0.25) is 0 Å². The smallest absolute Gasteiger partial charge is 0.409 e. The quantitative estimate of drug-likeness (QED) is 0.595. The highest BCUT2D eigenvalue weighted by Gasteiger charge is 2.16. The summed E-state index contributed by atoms with van der Waals surface area (Å²) in [4.78, 5) is 13.2. The molecule has 0 heterocycles. The number of nitrogens with zero attached hydrogens (tertiary/aromatic N) is 1. The monoisotopic (exact) mass is 371 g/mol. The maximum atomic E-state index is 13.1. The van der Waals surface area contributed by atoms with Gasteiger partial charge in [-0.15, -0.1) is 0 Å². The minimum absolute atomic E-state index is 0.0320. The number of hydrogen-bond acceptors (Lipinski definition) is 2. The molecule has 17 heavy (non-hydrogen) atoms. The van der Waals surface area contributed by atoms with E-state index in [9.17, 15) is 9.18 Å². The van der Waals surface area contributed by atoms with E-state index in [-0.39, 0.29) is 10.8 Å². The predicted octanol–water partition coefficient (Wildman–Crippen LogP) is 3.92. The first-order valence-electron chi connectivity index (χ1n) is 5.11. The number of benzene rings is 1. The molecule has 0 fully saturated rings. The topological polar surface area (TPSA) is 29.5 Å². The van der Waals surface area contributed by atoms with E-state index in [1.54, 1.807) is 0 Å². The van der Waals surface area contributed by atoms with Gasteiger partial charge in [0.05, 0.1) is 8.59 Å². The van der Waals surface area contributed by atoms with Crippen molar-refractivity contribution in [1.82, 2.24) is 4.90 Å². The van der Waals surface area contributed by atoms with Gasteiger partial charge < -0.3 is 9.64 Å². The molecular weight excluding hydrogens is 359 g/mol. The summed E-state index contributed by atoms with van der Waals surface area (Å²) >= 11 is 7.57. The zero-order valence-electron chi connectivity index (χ0n) is 9.47. The van der Waals surface area contributed by atoms with Gasteiger partial charge in [-0.25, -0.2) is 9.18 Å². The van der Waals surface area contributed by atoms with E-state index in [0.29, 0.717) is 16.7 Å². The molecule has 0 bridgehead atoms. The molecule has 0 atom stereocenters. The van der Waals surface area contributed by atoms with Crippen molar-refractivity contribution in [3.8, 4) is 5.75 Å². The van der Waals surface area contributed by atoms with Gasteiger partial charge in [-0.05, 0) is 48.6 Å². The minimum Gasteiger partial charge on any atom is -0.409 e. The van der Waals surface area contributed by atoms with Crippen LogP contribution in [0.3, 0.4) is 0 Å². The van der Waals surface area contributed by atoms with E-state index in [2.05, 4.69) is 0 Å². The predicted molar refractivity (Wildman–Crippen MR) is 73.1 cm³/mol. The van der Waals surface area contributed by atoms with Crippen molar-refractivity contribution in [3.05, 3.63) is 26.5 Å². The van der Waals surface area contributed by atoms with E-state index in [4.69, 9.17) is 16.3 Å². The van der Waals surface area contributed by atoms with Crippen molar-refractivity contribution in [1.29, 1.82) is 0 Å². The summed E-state index contributed by atoms with van der Waals surface area (Å²) < 4.78 is 18.6. The highest BCUT2D eigenvalue weighted by atomic mass is 127. The summed E-state index contributed by atoms with van der Waals surface area (Å²) in [7, 11) is 0. The Hall–Kier alpha value is -0.560. The van der Waals surface area contributed by atoms with Gasteiger partial charge in [-0.2, -0.15) is 0 Å². The van der Waals surface area contributed by atoms with Crippen LogP contribution in [-0.2, 0) is 0 Å². The van der Waals surface area contributed by atoms with Gasteiger partial charge >= 0.3 is 6.09 Å². The molecule has 1 aromatic rings. The lowest BCUT2D eigenvalue weighted by Crippen LogP contribution is -2.33. The molecule has 0 N–H and O–H groups in total. The van der Waals surface area contributed by atoms with Crippen molar-refractivity contribution in [2.24, 2.45) is 0 Å². The summed E-state index contributed by atoms with van der Waals surface area (Å²) in [6.07, 6.45) is -0.462. The van der Waals surface area contributed by atoms with Crippen molar-refractivity contribution >= 4 is 40.3 Å². The molecule has 0 spiro atoms. The van der Waals surface area contributed by atoms with Crippen LogP contribution in [0.1, 0.15) is 13.8 Å².